The Kier molecular flexibility index (Phi) is 3.94. The van der Waals surface area contributed by atoms with E-state index >= 15 is 0 Å². The van der Waals surface area contributed by atoms with Crippen LogP contribution in [0.2, 0.25) is 0 Å². The smallest absolute Gasteiger partial charge is 0.324 e. The van der Waals surface area contributed by atoms with Crippen molar-refractivity contribution in [1.29, 1.82) is 0 Å². The Bertz CT molecular complexity index is 440. The number of carboxylic acids is 1. The van der Waals surface area contributed by atoms with Crippen molar-refractivity contribution >= 4 is 11.9 Å². The molecule has 0 aliphatic carbocycles. The average molecular weight is 236 g/mol. The first-order valence-corrected chi connectivity index (χ1v) is 4.84. The molecule has 0 aromatic carbocycles. The van der Waals surface area contributed by atoms with Gasteiger partial charge in [-0.15, -0.1) is 12.3 Å². The predicted molar refractivity (Wildman–Crippen MR) is 57.9 cm³/mol. The number of furan rings is 1. The lowest BCUT2D eigenvalue weighted by molar-refractivity contribution is -0.166. The number of esters is 1. The van der Waals surface area contributed by atoms with Crippen molar-refractivity contribution < 1.29 is 23.8 Å². The zero-order valence-corrected chi connectivity index (χ0v) is 9.30. The maximum atomic E-state index is 11.7. The van der Waals surface area contributed by atoms with Gasteiger partial charge in [0.15, 0.2) is 5.41 Å². The summed E-state index contributed by atoms with van der Waals surface area (Å²) in [5, 5.41) is 9.22. The zero-order chi connectivity index (χ0) is 12.9. The second-order valence-corrected chi connectivity index (χ2v) is 3.52. The van der Waals surface area contributed by atoms with E-state index in [1.165, 1.54) is 6.26 Å². The van der Waals surface area contributed by atoms with E-state index in [0.717, 1.165) is 7.11 Å². The number of aliphatic carboxylic acids is 1. The number of carbonyl (C=O) groups is 2. The molecule has 1 aromatic heterocycles. The van der Waals surface area contributed by atoms with E-state index in [2.05, 4.69) is 10.7 Å². The van der Waals surface area contributed by atoms with Crippen LogP contribution in [0, 0.1) is 17.8 Å². The second kappa shape index (κ2) is 5.21. The molecule has 1 heterocycles. The van der Waals surface area contributed by atoms with Gasteiger partial charge in [-0.2, -0.15) is 0 Å². The molecule has 1 atom stereocenters. The lowest BCUT2D eigenvalue weighted by atomic mass is 9.80. The number of methoxy groups -OCH3 is 1. The van der Waals surface area contributed by atoms with E-state index in [-0.39, 0.29) is 12.8 Å². The molecular formula is C12H12O5. The first-order chi connectivity index (χ1) is 8.06. The van der Waals surface area contributed by atoms with Gasteiger partial charge < -0.3 is 14.3 Å². The lowest BCUT2D eigenvalue weighted by Gasteiger charge is -2.23. The Morgan fingerprint density at radius 2 is 2.35 bits per heavy atom. The normalized spacial score (nSPS) is 13.4. The molecule has 0 saturated carbocycles. The van der Waals surface area contributed by atoms with E-state index in [1.807, 2.05) is 0 Å². The summed E-state index contributed by atoms with van der Waals surface area (Å²) in [4.78, 5) is 23.0. The molecule has 0 aliphatic rings. The SMILES string of the molecule is C#CCC(Cc1ccco1)(C(=O)O)C(=O)OC. The summed E-state index contributed by atoms with van der Waals surface area (Å²) in [5.41, 5.74) is -1.79. The fourth-order valence-corrected chi connectivity index (χ4v) is 1.53. The highest BCUT2D eigenvalue weighted by Gasteiger charge is 2.47. The van der Waals surface area contributed by atoms with E-state index in [4.69, 9.17) is 10.8 Å². The predicted octanol–water partition coefficient (Wildman–Crippen LogP) is 1.09. The third kappa shape index (κ3) is 2.48. The van der Waals surface area contributed by atoms with Crippen LogP contribution in [0.5, 0.6) is 0 Å². The fourth-order valence-electron chi connectivity index (χ4n) is 1.53. The van der Waals surface area contributed by atoms with Crippen molar-refractivity contribution in [2.45, 2.75) is 12.8 Å². The summed E-state index contributed by atoms with van der Waals surface area (Å²) in [7, 11) is 1.12. The number of carboxylic acid groups (broad SMARTS) is 1. The Labute approximate surface area is 98.4 Å². The minimum Gasteiger partial charge on any atom is -0.480 e. The van der Waals surface area contributed by atoms with Crippen LogP contribution in [-0.2, 0) is 20.7 Å². The maximum absolute atomic E-state index is 11.7. The summed E-state index contributed by atoms with van der Waals surface area (Å²) in [6.45, 7) is 0. The van der Waals surface area contributed by atoms with Crippen LogP contribution in [0.1, 0.15) is 12.2 Å². The number of rotatable bonds is 5. The number of hydrogen-bond acceptors (Lipinski definition) is 4. The summed E-state index contributed by atoms with van der Waals surface area (Å²) in [6.07, 6.45) is 6.13. The minimum atomic E-state index is -1.79. The highest BCUT2D eigenvalue weighted by atomic mass is 16.5. The summed E-state index contributed by atoms with van der Waals surface area (Å²) in [6, 6.07) is 3.19. The van der Waals surface area contributed by atoms with Crippen molar-refractivity contribution in [3.63, 3.8) is 0 Å². The first kappa shape index (κ1) is 12.8. The third-order valence-corrected chi connectivity index (χ3v) is 2.45. The summed E-state index contributed by atoms with van der Waals surface area (Å²) in [5.74, 6) is 0.367. The minimum absolute atomic E-state index is 0.133. The molecule has 1 aromatic rings. The van der Waals surface area contributed by atoms with Gasteiger partial charge in [-0.1, -0.05) is 0 Å². The van der Waals surface area contributed by atoms with E-state index in [1.54, 1.807) is 12.1 Å². The molecule has 5 nitrogen and oxygen atoms in total. The van der Waals surface area contributed by atoms with E-state index < -0.39 is 17.4 Å². The van der Waals surface area contributed by atoms with Crippen molar-refractivity contribution in [2.24, 2.45) is 5.41 Å². The van der Waals surface area contributed by atoms with Crippen LogP contribution in [0.25, 0.3) is 0 Å². The fraction of sp³-hybridized carbons (Fsp3) is 0.333. The van der Waals surface area contributed by atoms with Crippen LogP contribution in [-0.4, -0.2) is 24.2 Å². The van der Waals surface area contributed by atoms with Crippen molar-refractivity contribution in [2.75, 3.05) is 7.11 Å². The van der Waals surface area contributed by atoms with Crippen LogP contribution >= 0.6 is 0 Å². The molecule has 1 rings (SSSR count). The summed E-state index contributed by atoms with van der Waals surface area (Å²) >= 11 is 0. The largest absolute Gasteiger partial charge is 0.480 e. The lowest BCUT2D eigenvalue weighted by Crippen LogP contribution is -2.42. The molecule has 0 bridgehead atoms. The molecule has 0 radical (unpaired) electrons. The molecule has 1 N–H and O–H groups in total. The molecule has 1 unspecified atom stereocenters. The topological polar surface area (TPSA) is 76.7 Å². The van der Waals surface area contributed by atoms with E-state index in [0.29, 0.717) is 5.76 Å². The van der Waals surface area contributed by atoms with Gasteiger partial charge >= 0.3 is 11.9 Å². The molecule has 5 heteroatoms. The average Bonchev–Trinajstić information content (AvgIpc) is 2.79. The van der Waals surface area contributed by atoms with Crippen LogP contribution in [0.4, 0.5) is 0 Å². The van der Waals surface area contributed by atoms with Gasteiger partial charge in [0.1, 0.15) is 5.76 Å². The number of carbonyl (C=O) groups excluding carboxylic acids is 1. The molecule has 0 amide bonds. The van der Waals surface area contributed by atoms with Gasteiger partial charge in [-0.25, -0.2) is 0 Å². The third-order valence-electron chi connectivity index (χ3n) is 2.45. The van der Waals surface area contributed by atoms with Crippen molar-refractivity contribution in [3.8, 4) is 12.3 Å². The molecule has 0 fully saturated rings. The van der Waals surface area contributed by atoms with Crippen molar-refractivity contribution in [3.05, 3.63) is 24.2 Å². The van der Waals surface area contributed by atoms with Gasteiger partial charge in [0.25, 0.3) is 0 Å². The second-order valence-electron chi connectivity index (χ2n) is 3.52. The molecule has 0 spiro atoms. The van der Waals surface area contributed by atoms with Crippen molar-refractivity contribution in [1.82, 2.24) is 0 Å². The Balaban J connectivity index is 3.11. The Hall–Kier alpha value is -2.22. The van der Waals surface area contributed by atoms with E-state index in [9.17, 15) is 14.7 Å². The quantitative estimate of drug-likeness (QED) is 0.470. The highest BCUT2D eigenvalue weighted by Crippen LogP contribution is 2.29. The van der Waals surface area contributed by atoms with Gasteiger partial charge in [0.2, 0.25) is 0 Å². The molecule has 17 heavy (non-hydrogen) atoms. The van der Waals surface area contributed by atoms with Crippen LogP contribution in [0.15, 0.2) is 22.8 Å². The van der Waals surface area contributed by atoms with Gasteiger partial charge in [0, 0.05) is 12.8 Å². The van der Waals surface area contributed by atoms with Gasteiger partial charge in [-0.3, -0.25) is 9.59 Å². The Morgan fingerprint density at radius 1 is 1.65 bits per heavy atom. The monoisotopic (exact) mass is 236 g/mol. The standard InChI is InChI=1S/C12H12O5/c1-3-6-12(10(13)14,11(15)16-2)8-9-5-4-7-17-9/h1,4-5,7H,6,8H2,2H3,(H,13,14). The number of terminal acetylenes is 1. The van der Waals surface area contributed by atoms with Gasteiger partial charge in [-0.05, 0) is 12.1 Å². The zero-order valence-electron chi connectivity index (χ0n) is 9.30. The molecule has 0 aliphatic heterocycles. The number of hydrogen-bond donors (Lipinski definition) is 1. The number of ether oxygens (including phenoxy) is 1. The molecular weight excluding hydrogens is 224 g/mol. The molecule has 0 saturated heterocycles. The maximum Gasteiger partial charge on any atom is 0.324 e. The molecule has 90 valence electrons. The summed E-state index contributed by atoms with van der Waals surface area (Å²) < 4.78 is 9.56. The van der Waals surface area contributed by atoms with Crippen LogP contribution in [0.3, 0.4) is 0 Å². The van der Waals surface area contributed by atoms with Crippen LogP contribution < -0.4 is 0 Å². The van der Waals surface area contributed by atoms with Gasteiger partial charge in [0.05, 0.1) is 13.4 Å². The Morgan fingerprint density at radius 3 is 2.76 bits per heavy atom. The first-order valence-electron chi connectivity index (χ1n) is 4.84. The highest BCUT2D eigenvalue weighted by molar-refractivity contribution is 5.99.